The highest BCUT2D eigenvalue weighted by Crippen LogP contribution is 2.29. The Kier molecular flexibility index (Phi) is 4.92. The molecular formula is C11H21N3. The average Bonchev–Trinajstić information content (AvgIpc) is 2.98. The van der Waals surface area contributed by atoms with Crippen molar-refractivity contribution in [1.29, 1.82) is 5.26 Å². The fraction of sp³-hybridized carbons (Fsp3) is 0.909. The minimum atomic E-state index is -0.284. The number of rotatable bonds is 7. The first-order chi connectivity index (χ1) is 6.76. The van der Waals surface area contributed by atoms with E-state index in [-0.39, 0.29) is 6.04 Å². The fourth-order valence-electron chi connectivity index (χ4n) is 1.66. The quantitative estimate of drug-likeness (QED) is 0.667. The molecule has 0 aromatic carbocycles. The molecular weight excluding hydrogens is 174 g/mol. The second kappa shape index (κ2) is 6.00. The molecule has 0 spiro atoms. The second-order valence-corrected chi connectivity index (χ2v) is 4.27. The van der Waals surface area contributed by atoms with Crippen LogP contribution in [0.5, 0.6) is 0 Å². The summed E-state index contributed by atoms with van der Waals surface area (Å²) in [6, 6.07) is 1.80. The number of hydrogen-bond donors (Lipinski definition) is 1. The van der Waals surface area contributed by atoms with Gasteiger partial charge in [-0.2, -0.15) is 5.26 Å². The first-order valence-electron chi connectivity index (χ1n) is 5.63. The van der Waals surface area contributed by atoms with E-state index in [2.05, 4.69) is 17.9 Å². The first kappa shape index (κ1) is 11.5. The Hall–Kier alpha value is -0.590. The van der Waals surface area contributed by atoms with Crippen molar-refractivity contribution in [2.45, 2.75) is 38.6 Å². The van der Waals surface area contributed by atoms with Crippen LogP contribution in [0.3, 0.4) is 0 Å². The van der Waals surface area contributed by atoms with E-state index in [0.29, 0.717) is 0 Å². The van der Waals surface area contributed by atoms with Crippen LogP contribution in [0.2, 0.25) is 0 Å². The third kappa shape index (κ3) is 4.59. The minimum Gasteiger partial charge on any atom is -0.316 e. The largest absolute Gasteiger partial charge is 0.316 e. The van der Waals surface area contributed by atoms with Crippen molar-refractivity contribution in [2.24, 2.45) is 11.7 Å². The summed E-state index contributed by atoms with van der Waals surface area (Å²) in [5, 5.41) is 8.58. The zero-order chi connectivity index (χ0) is 10.4. The molecule has 1 atom stereocenters. The lowest BCUT2D eigenvalue weighted by molar-refractivity contribution is 0.257. The normalized spacial score (nSPS) is 18.1. The molecule has 80 valence electrons. The molecule has 14 heavy (non-hydrogen) atoms. The van der Waals surface area contributed by atoms with Crippen molar-refractivity contribution < 1.29 is 0 Å². The van der Waals surface area contributed by atoms with E-state index < -0.39 is 0 Å². The molecule has 3 heteroatoms. The molecule has 3 nitrogen and oxygen atoms in total. The van der Waals surface area contributed by atoms with Crippen LogP contribution in [-0.2, 0) is 0 Å². The van der Waals surface area contributed by atoms with E-state index in [4.69, 9.17) is 11.0 Å². The lowest BCUT2D eigenvalue weighted by atomic mass is 10.2. The summed E-state index contributed by atoms with van der Waals surface area (Å²) >= 11 is 0. The van der Waals surface area contributed by atoms with Gasteiger partial charge in [-0.25, -0.2) is 0 Å². The molecule has 1 saturated carbocycles. The summed E-state index contributed by atoms with van der Waals surface area (Å²) in [5.41, 5.74) is 5.58. The maximum atomic E-state index is 8.58. The maximum absolute atomic E-state index is 8.58. The Balaban J connectivity index is 2.16. The van der Waals surface area contributed by atoms with Crippen LogP contribution in [0.25, 0.3) is 0 Å². The van der Waals surface area contributed by atoms with Gasteiger partial charge in [-0.15, -0.1) is 0 Å². The van der Waals surface area contributed by atoms with Crippen LogP contribution in [-0.4, -0.2) is 30.6 Å². The molecule has 0 radical (unpaired) electrons. The minimum absolute atomic E-state index is 0.284. The monoisotopic (exact) mass is 195 g/mol. The van der Waals surface area contributed by atoms with Gasteiger partial charge in [-0.1, -0.05) is 6.92 Å². The van der Waals surface area contributed by atoms with E-state index in [1.165, 1.54) is 25.8 Å². The molecule has 1 fully saturated rings. The van der Waals surface area contributed by atoms with Gasteiger partial charge in [0.1, 0.15) is 0 Å². The predicted molar refractivity (Wildman–Crippen MR) is 57.7 cm³/mol. The van der Waals surface area contributed by atoms with Gasteiger partial charge in [0.05, 0.1) is 12.1 Å². The Morgan fingerprint density at radius 3 is 2.71 bits per heavy atom. The summed E-state index contributed by atoms with van der Waals surface area (Å²) in [5.74, 6) is 0.930. The molecule has 0 saturated heterocycles. The zero-order valence-electron chi connectivity index (χ0n) is 9.08. The SMILES string of the molecule is CCCN(CCC(N)C#N)CC1CC1. The molecule has 0 aliphatic heterocycles. The summed E-state index contributed by atoms with van der Waals surface area (Å²) in [7, 11) is 0. The van der Waals surface area contributed by atoms with E-state index in [9.17, 15) is 0 Å². The standard InChI is InChI=1S/C11H21N3/c1-2-6-14(9-10-3-4-10)7-5-11(13)8-12/h10-11H,2-7,9,13H2,1H3. The lowest BCUT2D eigenvalue weighted by Gasteiger charge is -2.21. The molecule has 0 aromatic rings. The van der Waals surface area contributed by atoms with Crippen molar-refractivity contribution in [1.82, 2.24) is 4.90 Å². The predicted octanol–water partition coefficient (Wildman–Crippen LogP) is 1.35. The molecule has 1 aliphatic rings. The Morgan fingerprint density at radius 1 is 1.50 bits per heavy atom. The van der Waals surface area contributed by atoms with E-state index in [0.717, 1.165) is 25.4 Å². The Labute approximate surface area is 86.9 Å². The van der Waals surface area contributed by atoms with Crippen LogP contribution in [0, 0.1) is 17.2 Å². The summed E-state index contributed by atoms with van der Waals surface area (Å²) in [4.78, 5) is 2.45. The van der Waals surface area contributed by atoms with Crippen molar-refractivity contribution in [3.63, 3.8) is 0 Å². The number of nitriles is 1. The summed E-state index contributed by atoms with van der Waals surface area (Å²) < 4.78 is 0. The second-order valence-electron chi connectivity index (χ2n) is 4.27. The molecule has 0 amide bonds. The first-order valence-corrected chi connectivity index (χ1v) is 5.63. The van der Waals surface area contributed by atoms with Crippen molar-refractivity contribution in [3.8, 4) is 6.07 Å². The lowest BCUT2D eigenvalue weighted by Crippen LogP contribution is -2.32. The van der Waals surface area contributed by atoms with Crippen LogP contribution < -0.4 is 5.73 Å². The maximum Gasteiger partial charge on any atom is 0.0940 e. The van der Waals surface area contributed by atoms with Crippen molar-refractivity contribution >= 4 is 0 Å². The van der Waals surface area contributed by atoms with E-state index in [1.54, 1.807) is 0 Å². The molecule has 1 aliphatic carbocycles. The Bertz CT molecular complexity index is 193. The number of nitrogens with two attached hydrogens (primary N) is 1. The molecule has 1 rings (SSSR count). The van der Waals surface area contributed by atoms with Gasteiger partial charge in [0.2, 0.25) is 0 Å². The van der Waals surface area contributed by atoms with Crippen LogP contribution in [0.15, 0.2) is 0 Å². The number of hydrogen-bond acceptors (Lipinski definition) is 3. The van der Waals surface area contributed by atoms with Crippen LogP contribution in [0.4, 0.5) is 0 Å². The van der Waals surface area contributed by atoms with E-state index in [1.807, 2.05) is 0 Å². The molecule has 0 bridgehead atoms. The van der Waals surface area contributed by atoms with Crippen molar-refractivity contribution in [2.75, 3.05) is 19.6 Å². The van der Waals surface area contributed by atoms with Gasteiger partial charge in [0.15, 0.2) is 0 Å². The van der Waals surface area contributed by atoms with Crippen molar-refractivity contribution in [3.05, 3.63) is 0 Å². The topological polar surface area (TPSA) is 53.0 Å². The zero-order valence-corrected chi connectivity index (χ0v) is 9.08. The van der Waals surface area contributed by atoms with Gasteiger partial charge in [-0.05, 0) is 38.1 Å². The third-order valence-corrected chi connectivity index (χ3v) is 2.68. The fourth-order valence-corrected chi connectivity index (χ4v) is 1.66. The molecule has 2 N–H and O–H groups in total. The Morgan fingerprint density at radius 2 is 2.21 bits per heavy atom. The summed E-state index contributed by atoms with van der Waals surface area (Å²) in [6.45, 7) is 5.55. The van der Waals surface area contributed by atoms with Crippen LogP contribution >= 0.6 is 0 Å². The van der Waals surface area contributed by atoms with Gasteiger partial charge in [0.25, 0.3) is 0 Å². The highest BCUT2D eigenvalue weighted by Gasteiger charge is 2.23. The highest BCUT2D eigenvalue weighted by atomic mass is 15.1. The van der Waals surface area contributed by atoms with E-state index >= 15 is 0 Å². The smallest absolute Gasteiger partial charge is 0.0940 e. The number of nitrogens with zero attached hydrogens (tertiary/aromatic N) is 2. The molecule has 0 aromatic heterocycles. The third-order valence-electron chi connectivity index (χ3n) is 2.68. The van der Waals surface area contributed by atoms with Gasteiger partial charge < -0.3 is 10.6 Å². The molecule has 0 heterocycles. The van der Waals surface area contributed by atoms with Gasteiger partial charge in [0, 0.05) is 13.1 Å². The average molecular weight is 195 g/mol. The molecule has 1 unspecified atom stereocenters. The highest BCUT2D eigenvalue weighted by molar-refractivity contribution is 4.87. The van der Waals surface area contributed by atoms with Gasteiger partial charge >= 0.3 is 0 Å². The van der Waals surface area contributed by atoms with Crippen LogP contribution in [0.1, 0.15) is 32.6 Å². The van der Waals surface area contributed by atoms with Gasteiger partial charge in [-0.3, -0.25) is 0 Å². The summed E-state index contributed by atoms with van der Waals surface area (Å²) in [6.07, 6.45) is 4.78.